The van der Waals surface area contributed by atoms with Crippen molar-refractivity contribution in [3.63, 3.8) is 0 Å². The zero-order valence-corrected chi connectivity index (χ0v) is 22.5. The first-order valence-electron chi connectivity index (χ1n) is 13.0. The van der Waals surface area contributed by atoms with Crippen LogP contribution in [0.1, 0.15) is 70.6 Å². The minimum Gasteiger partial charge on any atom is -0.460 e. The highest BCUT2D eigenvalue weighted by molar-refractivity contribution is 6.30. The number of aliphatic hydroxyl groups excluding tert-OH is 1. The Morgan fingerprint density at radius 2 is 1.00 bits per heavy atom. The Morgan fingerprint density at radius 1 is 0.619 bits per heavy atom. The molecule has 2 aliphatic rings. The Kier molecular flexibility index (Phi) is 7.73. The summed E-state index contributed by atoms with van der Waals surface area (Å²) in [6.45, 7) is 4.81. The number of esters is 1. The summed E-state index contributed by atoms with van der Waals surface area (Å²) < 4.78 is 10.6. The third-order valence-corrected chi connectivity index (χ3v) is 6.72. The molecule has 208 valence electrons. The number of benzene rings is 4. The molecule has 1 N–H and O–H groups in total. The predicted octanol–water partition coefficient (Wildman–Crippen LogP) is 5.13. The van der Waals surface area contributed by atoms with Crippen LogP contribution in [0.3, 0.4) is 0 Å². The fraction of sp³-hybridized carbons (Fsp3) is 0.0882. The minimum absolute atomic E-state index is 0.0473. The van der Waals surface area contributed by atoms with Crippen molar-refractivity contribution in [3.8, 4) is 11.5 Å². The summed E-state index contributed by atoms with van der Waals surface area (Å²) in [7, 11) is 0. The van der Waals surface area contributed by atoms with Gasteiger partial charge in [0.25, 0.3) is 0 Å². The molecule has 0 spiro atoms. The van der Waals surface area contributed by atoms with Gasteiger partial charge in [0.2, 0.25) is 0 Å². The van der Waals surface area contributed by atoms with E-state index in [0.717, 1.165) is 0 Å². The van der Waals surface area contributed by atoms with Crippen LogP contribution < -0.4 is 4.74 Å². The molecule has 0 aromatic heterocycles. The van der Waals surface area contributed by atoms with Crippen molar-refractivity contribution in [2.24, 2.45) is 0 Å². The molecule has 0 amide bonds. The summed E-state index contributed by atoms with van der Waals surface area (Å²) in [6.07, 6.45) is 0. The Morgan fingerprint density at radius 3 is 1.38 bits per heavy atom. The standard InChI is InChI=1S/C28H14O5.C6H10O3/c29-25-15-7-1-3-9-17(15)27(31)23-19(25)11-5-13-21(23)33-22-14-6-12-20-24(22)28(32)18-10-4-2-8-16(18)26(20)30;1-5(2)6(8)9-4-3-7/h1-14H;7H,1,3-4H2,2H3. The molecule has 0 saturated heterocycles. The SMILES string of the molecule is C=C(C)C(=O)OCCO.O=C1c2ccccc2C(=O)c2c(Oc3cccc4c3C(=O)c3ccccc3C4=O)cccc21. The van der Waals surface area contributed by atoms with E-state index in [0.29, 0.717) is 27.8 Å². The first-order valence-corrected chi connectivity index (χ1v) is 13.0. The van der Waals surface area contributed by atoms with E-state index in [4.69, 9.17) is 9.84 Å². The van der Waals surface area contributed by atoms with E-state index in [1.165, 1.54) is 0 Å². The molecule has 8 nitrogen and oxygen atoms in total. The fourth-order valence-electron chi connectivity index (χ4n) is 4.78. The minimum atomic E-state index is -0.455. The zero-order chi connectivity index (χ0) is 30.0. The second-order valence-electron chi connectivity index (χ2n) is 9.51. The number of fused-ring (bicyclic) bond motifs is 4. The van der Waals surface area contributed by atoms with Crippen molar-refractivity contribution < 1.29 is 38.6 Å². The van der Waals surface area contributed by atoms with E-state index < -0.39 is 5.97 Å². The van der Waals surface area contributed by atoms with Crippen LogP contribution in [0.25, 0.3) is 0 Å². The molecule has 0 unspecified atom stereocenters. The van der Waals surface area contributed by atoms with Crippen molar-refractivity contribution in [3.05, 3.63) is 142 Å². The summed E-state index contributed by atoms with van der Waals surface area (Å²) in [4.78, 5) is 63.1. The quantitative estimate of drug-likeness (QED) is 0.227. The number of rotatable bonds is 5. The van der Waals surface area contributed by atoms with E-state index >= 15 is 0 Å². The van der Waals surface area contributed by atoms with Crippen LogP contribution in [0.4, 0.5) is 0 Å². The fourth-order valence-corrected chi connectivity index (χ4v) is 4.78. The first-order chi connectivity index (χ1) is 20.2. The van der Waals surface area contributed by atoms with Crippen molar-refractivity contribution in [2.75, 3.05) is 13.2 Å². The predicted molar refractivity (Wildman–Crippen MR) is 152 cm³/mol. The largest absolute Gasteiger partial charge is 0.460 e. The molecule has 0 saturated carbocycles. The molecule has 0 aliphatic heterocycles. The number of carbonyl (C=O) groups is 5. The molecule has 2 aliphatic carbocycles. The van der Waals surface area contributed by atoms with Crippen LogP contribution in [0.5, 0.6) is 11.5 Å². The van der Waals surface area contributed by atoms with Crippen molar-refractivity contribution >= 4 is 29.1 Å². The van der Waals surface area contributed by atoms with Gasteiger partial charge in [0, 0.05) is 39.0 Å². The summed E-state index contributed by atoms with van der Waals surface area (Å²) in [5.41, 5.74) is 2.44. The molecule has 4 aromatic rings. The summed E-state index contributed by atoms with van der Waals surface area (Å²) in [5, 5.41) is 8.19. The number of carbonyl (C=O) groups excluding carboxylic acids is 5. The molecule has 0 radical (unpaired) electrons. The molecular weight excluding hydrogens is 536 g/mol. The van der Waals surface area contributed by atoms with E-state index in [1.54, 1.807) is 91.9 Å². The van der Waals surface area contributed by atoms with Crippen LogP contribution in [0.2, 0.25) is 0 Å². The first kappa shape index (κ1) is 28.1. The second-order valence-corrected chi connectivity index (χ2v) is 9.51. The normalized spacial score (nSPS) is 12.6. The van der Waals surface area contributed by atoms with Crippen molar-refractivity contribution in [1.82, 2.24) is 0 Å². The Bertz CT molecular complexity index is 1700. The van der Waals surface area contributed by atoms with Crippen molar-refractivity contribution in [1.29, 1.82) is 0 Å². The highest BCUT2D eigenvalue weighted by atomic mass is 16.5. The van der Waals surface area contributed by atoms with Gasteiger partial charge in [0.05, 0.1) is 17.7 Å². The topological polar surface area (TPSA) is 124 Å². The Hall–Kier alpha value is -5.47. The molecule has 8 heteroatoms. The molecular formula is C34H24O8. The van der Waals surface area contributed by atoms with Gasteiger partial charge < -0.3 is 14.6 Å². The highest BCUT2D eigenvalue weighted by Crippen LogP contribution is 2.39. The number of hydrogen-bond donors (Lipinski definition) is 1. The molecule has 0 heterocycles. The van der Waals surface area contributed by atoms with Gasteiger partial charge in [0.1, 0.15) is 18.1 Å². The van der Waals surface area contributed by atoms with Gasteiger partial charge in [-0.2, -0.15) is 0 Å². The molecule has 0 atom stereocenters. The maximum Gasteiger partial charge on any atom is 0.333 e. The second kappa shape index (κ2) is 11.6. The number of ether oxygens (including phenoxy) is 2. The van der Waals surface area contributed by atoms with Gasteiger partial charge in [-0.1, -0.05) is 79.4 Å². The van der Waals surface area contributed by atoms with Crippen LogP contribution >= 0.6 is 0 Å². The van der Waals surface area contributed by atoms with E-state index in [2.05, 4.69) is 11.3 Å². The van der Waals surface area contributed by atoms with Gasteiger partial charge in [-0.3, -0.25) is 19.2 Å². The Balaban J connectivity index is 0.000000342. The maximum absolute atomic E-state index is 13.3. The summed E-state index contributed by atoms with van der Waals surface area (Å²) in [6, 6.07) is 22.9. The number of aliphatic hydroxyl groups is 1. The van der Waals surface area contributed by atoms with E-state index in [-0.39, 0.29) is 70.1 Å². The molecule has 0 fully saturated rings. The van der Waals surface area contributed by atoms with Crippen molar-refractivity contribution in [2.45, 2.75) is 6.92 Å². The summed E-state index contributed by atoms with van der Waals surface area (Å²) >= 11 is 0. The van der Waals surface area contributed by atoms with Gasteiger partial charge in [-0.15, -0.1) is 0 Å². The van der Waals surface area contributed by atoms with E-state index in [9.17, 15) is 24.0 Å². The molecule has 42 heavy (non-hydrogen) atoms. The lowest BCUT2D eigenvalue weighted by molar-refractivity contribution is -0.139. The third-order valence-electron chi connectivity index (χ3n) is 6.72. The molecule has 6 rings (SSSR count). The van der Waals surface area contributed by atoms with Gasteiger partial charge in [0.15, 0.2) is 23.1 Å². The third kappa shape index (κ3) is 4.95. The maximum atomic E-state index is 13.3. The zero-order valence-electron chi connectivity index (χ0n) is 22.5. The Labute approximate surface area is 240 Å². The summed E-state index contributed by atoms with van der Waals surface area (Å²) in [5.74, 6) is -1.31. The lowest BCUT2D eigenvalue weighted by Crippen LogP contribution is -2.22. The molecule has 4 aromatic carbocycles. The van der Waals surface area contributed by atoms with Gasteiger partial charge >= 0.3 is 5.97 Å². The highest BCUT2D eigenvalue weighted by Gasteiger charge is 2.35. The monoisotopic (exact) mass is 560 g/mol. The van der Waals surface area contributed by atoms with Crippen LogP contribution in [0.15, 0.2) is 97.1 Å². The van der Waals surface area contributed by atoms with E-state index in [1.807, 2.05) is 0 Å². The van der Waals surface area contributed by atoms with Crippen LogP contribution in [-0.4, -0.2) is 47.4 Å². The molecule has 0 bridgehead atoms. The van der Waals surface area contributed by atoms with Gasteiger partial charge in [-0.25, -0.2) is 4.79 Å². The lowest BCUT2D eigenvalue weighted by atomic mass is 9.83. The van der Waals surface area contributed by atoms with Crippen LogP contribution in [0, 0.1) is 0 Å². The smallest absolute Gasteiger partial charge is 0.333 e. The lowest BCUT2D eigenvalue weighted by Gasteiger charge is -2.22. The van der Waals surface area contributed by atoms with Gasteiger partial charge in [-0.05, 0) is 19.1 Å². The number of hydrogen-bond acceptors (Lipinski definition) is 8. The average Bonchev–Trinajstić information content (AvgIpc) is 3.01. The van der Waals surface area contributed by atoms with Crippen LogP contribution in [-0.2, 0) is 9.53 Å². The number of ketones is 4. The average molecular weight is 561 g/mol.